The molecule has 2 amide bonds. The fraction of sp³-hybridized carbons (Fsp3) is 0.200. The second-order valence-electron chi connectivity index (χ2n) is 7.75. The molecular formula is C25H24ClN3O3S. The fourth-order valence-corrected chi connectivity index (χ4v) is 4.80. The van der Waals surface area contributed by atoms with Crippen molar-refractivity contribution in [1.82, 2.24) is 0 Å². The van der Waals surface area contributed by atoms with Crippen LogP contribution in [0.4, 0.5) is 17.1 Å². The quantitative estimate of drug-likeness (QED) is 0.502. The molecule has 0 aromatic heterocycles. The minimum Gasteiger partial charge on any atom is -0.484 e. The molecule has 0 unspecified atom stereocenters. The van der Waals surface area contributed by atoms with Crippen LogP contribution in [0.1, 0.15) is 10.9 Å². The first kappa shape index (κ1) is 23.0. The monoisotopic (exact) mass is 481 g/mol. The average molecular weight is 482 g/mol. The summed E-state index contributed by atoms with van der Waals surface area (Å²) in [5.74, 6) is 0.771. The number of amides is 2. The third-order valence-electron chi connectivity index (χ3n) is 5.15. The molecule has 4 rings (SSSR count). The molecule has 1 atom stereocenters. The molecule has 1 aliphatic heterocycles. The summed E-state index contributed by atoms with van der Waals surface area (Å²) in [6, 6.07) is 22.3. The van der Waals surface area contributed by atoms with E-state index in [1.807, 2.05) is 72.4 Å². The number of ether oxygens (including phenoxy) is 1. The van der Waals surface area contributed by atoms with Crippen LogP contribution in [-0.2, 0) is 9.59 Å². The van der Waals surface area contributed by atoms with Crippen LogP contribution in [0, 0.1) is 0 Å². The highest BCUT2D eigenvalue weighted by atomic mass is 35.5. The number of nitrogens with zero attached hydrogens (tertiary/aromatic N) is 2. The van der Waals surface area contributed by atoms with Crippen LogP contribution in [0.2, 0.25) is 5.02 Å². The van der Waals surface area contributed by atoms with E-state index in [1.165, 1.54) is 0 Å². The van der Waals surface area contributed by atoms with E-state index in [4.69, 9.17) is 16.3 Å². The second-order valence-corrected chi connectivity index (χ2v) is 9.26. The molecule has 6 nitrogen and oxygen atoms in total. The van der Waals surface area contributed by atoms with E-state index in [0.717, 1.165) is 16.9 Å². The van der Waals surface area contributed by atoms with Crippen molar-refractivity contribution in [2.24, 2.45) is 0 Å². The number of thioether (sulfide) groups is 1. The van der Waals surface area contributed by atoms with E-state index >= 15 is 0 Å². The van der Waals surface area contributed by atoms with Crippen molar-refractivity contribution in [2.45, 2.75) is 5.37 Å². The van der Waals surface area contributed by atoms with Crippen LogP contribution in [0.5, 0.6) is 5.75 Å². The van der Waals surface area contributed by atoms with Gasteiger partial charge in [-0.25, -0.2) is 0 Å². The summed E-state index contributed by atoms with van der Waals surface area (Å²) >= 11 is 7.44. The summed E-state index contributed by atoms with van der Waals surface area (Å²) in [5, 5.41) is 3.31. The van der Waals surface area contributed by atoms with Crippen molar-refractivity contribution in [3.05, 3.63) is 83.4 Å². The Morgan fingerprint density at radius 1 is 1.12 bits per heavy atom. The zero-order chi connectivity index (χ0) is 23.4. The number of rotatable bonds is 7. The van der Waals surface area contributed by atoms with Gasteiger partial charge in [0.1, 0.15) is 11.1 Å². The number of carbonyl (C=O) groups is 2. The lowest BCUT2D eigenvalue weighted by Crippen LogP contribution is -2.28. The Hall–Kier alpha value is -3.16. The van der Waals surface area contributed by atoms with Gasteiger partial charge in [0.25, 0.3) is 5.91 Å². The SMILES string of the molecule is CN(C)c1ccc(N2C(=O)CS[C@@H]2c2cccc(NC(=O)COc3ccc(Cl)cc3)c2)cc1. The van der Waals surface area contributed by atoms with Crippen LogP contribution >= 0.6 is 23.4 Å². The predicted molar refractivity (Wildman–Crippen MR) is 135 cm³/mol. The maximum Gasteiger partial charge on any atom is 0.262 e. The van der Waals surface area contributed by atoms with E-state index in [-0.39, 0.29) is 23.8 Å². The van der Waals surface area contributed by atoms with Crippen LogP contribution in [0.25, 0.3) is 0 Å². The summed E-state index contributed by atoms with van der Waals surface area (Å²) < 4.78 is 5.51. The summed E-state index contributed by atoms with van der Waals surface area (Å²) in [5.41, 5.74) is 3.52. The summed E-state index contributed by atoms with van der Waals surface area (Å²) in [6.07, 6.45) is 0. The highest BCUT2D eigenvalue weighted by Crippen LogP contribution is 2.42. The first-order valence-electron chi connectivity index (χ1n) is 10.4. The lowest BCUT2D eigenvalue weighted by atomic mass is 10.1. The maximum atomic E-state index is 12.7. The van der Waals surface area contributed by atoms with E-state index in [0.29, 0.717) is 22.2 Å². The standard InChI is InChI=1S/C25H24ClN3O3S/c1-28(2)20-8-10-21(11-9-20)29-24(31)16-33-25(29)17-4-3-5-19(14-17)27-23(30)15-32-22-12-6-18(26)7-13-22/h3-14,25H,15-16H2,1-2H3,(H,27,30)/t25-/m1/s1. The molecule has 1 N–H and O–H groups in total. The average Bonchev–Trinajstić information content (AvgIpc) is 3.20. The molecule has 1 heterocycles. The van der Waals surface area contributed by atoms with Gasteiger partial charge in [-0.15, -0.1) is 11.8 Å². The van der Waals surface area contributed by atoms with Gasteiger partial charge < -0.3 is 15.0 Å². The summed E-state index contributed by atoms with van der Waals surface area (Å²) in [7, 11) is 3.96. The lowest BCUT2D eigenvalue weighted by Gasteiger charge is -2.25. The van der Waals surface area contributed by atoms with Crippen LogP contribution in [0.15, 0.2) is 72.8 Å². The number of benzene rings is 3. The van der Waals surface area contributed by atoms with Crippen molar-refractivity contribution in [3.8, 4) is 5.75 Å². The second kappa shape index (κ2) is 10.2. The Labute approximate surface area is 202 Å². The van der Waals surface area contributed by atoms with Gasteiger partial charge in [0.05, 0.1) is 5.75 Å². The molecule has 3 aromatic rings. The molecule has 8 heteroatoms. The zero-order valence-electron chi connectivity index (χ0n) is 18.3. The van der Waals surface area contributed by atoms with Crippen LogP contribution in [0.3, 0.4) is 0 Å². The Bertz CT molecular complexity index is 1140. The highest BCUT2D eigenvalue weighted by molar-refractivity contribution is 8.00. The van der Waals surface area contributed by atoms with Gasteiger partial charge in [0.15, 0.2) is 6.61 Å². The van der Waals surface area contributed by atoms with Gasteiger partial charge in [-0.1, -0.05) is 23.7 Å². The summed E-state index contributed by atoms with van der Waals surface area (Å²) in [4.78, 5) is 28.9. The number of halogens is 1. The molecule has 0 spiro atoms. The number of hydrogen-bond acceptors (Lipinski definition) is 5. The van der Waals surface area contributed by atoms with Gasteiger partial charge in [-0.2, -0.15) is 0 Å². The molecule has 170 valence electrons. The molecule has 1 fully saturated rings. The van der Waals surface area contributed by atoms with Crippen LogP contribution < -0.4 is 19.9 Å². The molecule has 3 aromatic carbocycles. The molecule has 0 radical (unpaired) electrons. The Morgan fingerprint density at radius 3 is 2.55 bits per heavy atom. The molecule has 33 heavy (non-hydrogen) atoms. The molecule has 0 saturated carbocycles. The van der Waals surface area contributed by atoms with Crippen molar-refractivity contribution < 1.29 is 14.3 Å². The lowest BCUT2D eigenvalue weighted by molar-refractivity contribution is -0.118. The van der Waals surface area contributed by atoms with Crippen molar-refractivity contribution >= 4 is 52.2 Å². The van der Waals surface area contributed by atoms with E-state index in [1.54, 1.807) is 36.0 Å². The van der Waals surface area contributed by atoms with Gasteiger partial charge in [-0.05, 0) is 66.2 Å². The molecular weight excluding hydrogens is 458 g/mol. The largest absolute Gasteiger partial charge is 0.484 e. The Morgan fingerprint density at radius 2 is 1.85 bits per heavy atom. The predicted octanol–water partition coefficient (Wildman–Crippen LogP) is 5.20. The van der Waals surface area contributed by atoms with Gasteiger partial charge in [-0.3, -0.25) is 14.5 Å². The summed E-state index contributed by atoms with van der Waals surface area (Å²) in [6.45, 7) is -0.118. The highest BCUT2D eigenvalue weighted by Gasteiger charge is 2.34. The van der Waals surface area contributed by atoms with Crippen LogP contribution in [-0.4, -0.2) is 38.3 Å². The van der Waals surface area contributed by atoms with Crippen molar-refractivity contribution in [2.75, 3.05) is 41.6 Å². The third kappa shape index (κ3) is 5.61. The fourth-order valence-electron chi connectivity index (χ4n) is 3.51. The first-order valence-corrected chi connectivity index (χ1v) is 11.8. The molecule has 1 aliphatic rings. The molecule has 0 aliphatic carbocycles. The first-order chi connectivity index (χ1) is 15.9. The van der Waals surface area contributed by atoms with Crippen molar-refractivity contribution in [3.63, 3.8) is 0 Å². The zero-order valence-corrected chi connectivity index (χ0v) is 19.9. The maximum absolute atomic E-state index is 12.7. The molecule has 1 saturated heterocycles. The van der Waals surface area contributed by atoms with Gasteiger partial charge >= 0.3 is 0 Å². The normalized spacial score (nSPS) is 15.4. The smallest absolute Gasteiger partial charge is 0.262 e. The third-order valence-corrected chi connectivity index (χ3v) is 6.62. The minimum atomic E-state index is -0.270. The van der Waals surface area contributed by atoms with Gasteiger partial charge in [0.2, 0.25) is 5.91 Å². The number of carbonyl (C=O) groups excluding carboxylic acids is 2. The van der Waals surface area contributed by atoms with E-state index in [9.17, 15) is 9.59 Å². The number of nitrogens with one attached hydrogen (secondary N) is 1. The number of hydrogen-bond donors (Lipinski definition) is 1. The van der Waals surface area contributed by atoms with E-state index in [2.05, 4.69) is 5.32 Å². The Kier molecular flexibility index (Phi) is 7.11. The Balaban J connectivity index is 1.45. The molecule has 0 bridgehead atoms. The number of anilines is 3. The minimum absolute atomic E-state index is 0.0633. The van der Waals surface area contributed by atoms with Gasteiger partial charge in [0, 0.05) is 36.2 Å². The topological polar surface area (TPSA) is 61.9 Å². The van der Waals surface area contributed by atoms with Crippen molar-refractivity contribution in [1.29, 1.82) is 0 Å². The van der Waals surface area contributed by atoms with E-state index < -0.39 is 0 Å².